The maximum absolute atomic E-state index is 10.8. The summed E-state index contributed by atoms with van der Waals surface area (Å²) in [5, 5.41) is 0. The third-order valence-electron chi connectivity index (χ3n) is 1.43. The first-order valence-corrected chi connectivity index (χ1v) is 3.40. The number of carbonyl (C=O) groups excluding carboxylic acids is 1. The molecule has 2 N–H and O–H groups in total. The molecule has 0 aliphatic heterocycles. The van der Waals surface area contributed by atoms with Crippen LogP contribution in [0.5, 0.6) is 0 Å². The highest BCUT2D eigenvalue weighted by Crippen LogP contribution is 2.01. The van der Waals surface area contributed by atoms with E-state index < -0.39 is 0 Å². The highest BCUT2D eigenvalue weighted by Gasteiger charge is 1.98. The van der Waals surface area contributed by atoms with Gasteiger partial charge in [0, 0.05) is 18.3 Å². The van der Waals surface area contributed by atoms with Crippen molar-refractivity contribution in [3.8, 4) is 0 Å². The number of ketones is 1. The van der Waals surface area contributed by atoms with Gasteiger partial charge in [-0.05, 0) is 19.1 Å². The lowest BCUT2D eigenvalue weighted by atomic mass is 10.2. The summed E-state index contributed by atoms with van der Waals surface area (Å²) in [7, 11) is 0. The zero-order valence-corrected chi connectivity index (χ0v) is 6.37. The molecule has 1 aromatic heterocycles. The predicted octanol–water partition coefficient (Wildman–Crippen LogP) is 0.743. The number of pyridine rings is 1. The van der Waals surface area contributed by atoms with Crippen LogP contribution in [-0.4, -0.2) is 10.8 Å². The van der Waals surface area contributed by atoms with Crippen molar-refractivity contribution in [1.29, 1.82) is 0 Å². The molecule has 0 saturated heterocycles. The van der Waals surface area contributed by atoms with Crippen molar-refractivity contribution in [2.75, 3.05) is 0 Å². The Kier molecular flexibility index (Phi) is 2.33. The first-order valence-electron chi connectivity index (χ1n) is 3.40. The van der Waals surface area contributed by atoms with E-state index in [9.17, 15) is 4.79 Å². The van der Waals surface area contributed by atoms with Crippen LogP contribution in [-0.2, 0) is 6.54 Å². The first-order chi connectivity index (χ1) is 5.24. The summed E-state index contributed by atoms with van der Waals surface area (Å²) in [6, 6.07) is 3.39. The van der Waals surface area contributed by atoms with Crippen LogP contribution in [0.2, 0.25) is 0 Å². The summed E-state index contributed by atoms with van der Waals surface area (Å²) in [5.74, 6) is 0.0436. The van der Waals surface area contributed by atoms with Gasteiger partial charge < -0.3 is 5.73 Å². The molecule has 0 aliphatic carbocycles. The Balaban J connectivity index is 3.01. The van der Waals surface area contributed by atoms with Crippen molar-refractivity contribution in [3.05, 3.63) is 29.6 Å². The second-order valence-electron chi connectivity index (χ2n) is 2.30. The highest BCUT2D eigenvalue weighted by atomic mass is 16.1. The lowest BCUT2D eigenvalue weighted by molar-refractivity contribution is 0.101. The van der Waals surface area contributed by atoms with Crippen molar-refractivity contribution in [2.24, 2.45) is 5.73 Å². The second-order valence-corrected chi connectivity index (χ2v) is 2.30. The van der Waals surface area contributed by atoms with Gasteiger partial charge in [0.15, 0.2) is 5.78 Å². The van der Waals surface area contributed by atoms with Gasteiger partial charge in [-0.15, -0.1) is 0 Å². The van der Waals surface area contributed by atoms with Crippen molar-refractivity contribution < 1.29 is 4.79 Å². The van der Waals surface area contributed by atoms with Crippen LogP contribution >= 0.6 is 0 Å². The molecule has 0 aromatic carbocycles. The van der Waals surface area contributed by atoms with Gasteiger partial charge in [0.05, 0.1) is 5.69 Å². The maximum atomic E-state index is 10.8. The zero-order chi connectivity index (χ0) is 8.27. The molecule has 1 aromatic rings. The molecule has 0 saturated carbocycles. The van der Waals surface area contributed by atoms with Gasteiger partial charge in [-0.3, -0.25) is 9.78 Å². The lowest BCUT2D eigenvalue weighted by Gasteiger charge is -1.97. The van der Waals surface area contributed by atoms with Gasteiger partial charge in [-0.2, -0.15) is 0 Å². The van der Waals surface area contributed by atoms with Crippen LogP contribution in [0.3, 0.4) is 0 Å². The number of hydrogen-bond acceptors (Lipinski definition) is 3. The molecule has 0 atom stereocenters. The smallest absolute Gasteiger partial charge is 0.159 e. The fourth-order valence-electron chi connectivity index (χ4n) is 0.809. The highest BCUT2D eigenvalue weighted by molar-refractivity contribution is 5.93. The van der Waals surface area contributed by atoms with Crippen LogP contribution in [0, 0.1) is 0 Å². The third kappa shape index (κ3) is 1.85. The van der Waals surface area contributed by atoms with Crippen LogP contribution in [0.25, 0.3) is 0 Å². The van der Waals surface area contributed by atoms with E-state index in [2.05, 4.69) is 4.98 Å². The fraction of sp³-hybridized carbons (Fsp3) is 0.250. The monoisotopic (exact) mass is 150 g/mol. The molecule has 0 spiro atoms. The molecular formula is C8H10N2O. The Morgan fingerprint density at radius 3 is 3.00 bits per heavy atom. The summed E-state index contributed by atoms with van der Waals surface area (Å²) >= 11 is 0. The van der Waals surface area contributed by atoms with Crippen LogP contribution < -0.4 is 5.73 Å². The minimum absolute atomic E-state index is 0.0436. The molecule has 0 bridgehead atoms. The average molecular weight is 150 g/mol. The molecule has 0 fully saturated rings. The summed E-state index contributed by atoms with van der Waals surface area (Å²) in [5.41, 5.74) is 6.76. The number of carbonyl (C=O) groups is 1. The Bertz CT molecular complexity index is 271. The summed E-state index contributed by atoms with van der Waals surface area (Å²) < 4.78 is 0. The summed E-state index contributed by atoms with van der Waals surface area (Å²) in [6.07, 6.45) is 1.60. The van der Waals surface area contributed by atoms with E-state index in [1.54, 1.807) is 18.3 Å². The minimum Gasteiger partial charge on any atom is -0.325 e. The SMILES string of the molecule is CC(=O)c1ccnc(CN)c1. The number of nitrogens with two attached hydrogens (primary N) is 1. The molecule has 3 nitrogen and oxygen atoms in total. The fourth-order valence-corrected chi connectivity index (χ4v) is 0.809. The average Bonchev–Trinajstić information content (AvgIpc) is 2.05. The van der Waals surface area contributed by atoms with E-state index in [1.807, 2.05) is 0 Å². The van der Waals surface area contributed by atoms with Gasteiger partial charge in [-0.25, -0.2) is 0 Å². The van der Waals surface area contributed by atoms with Crippen LogP contribution in [0.15, 0.2) is 18.3 Å². The predicted molar refractivity (Wildman–Crippen MR) is 42.1 cm³/mol. The van der Waals surface area contributed by atoms with E-state index >= 15 is 0 Å². The molecule has 58 valence electrons. The minimum atomic E-state index is 0.0436. The topological polar surface area (TPSA) is 56.0 Å². The second kappa shape index (κ2) is 3.25. The lowest BCUT2D eigenvalue weighted by Crippen LogP contribution is -2.01. The molecule has 1 rings (SSSR count). The Morgan fingerprint density at radius 1 is 1.73 bits per heavy atom. The molecule has 11 heavy (non-hydrogen) atoms. The summed E-state index contributed by atoms with van der Waals surface area (Å²) in [4.78, 5) is 14.8. The van der Waals surface area contributed by atoms with Gasteiger partial charge in [-0.1, -0.05) is 0 Å². The number of aromatic nitrogens is 1. The van der Waals surface area contributed by atoms with E-state index in [1.165, 1.54) is 6.92 Å². The Labute approximate surface area is 65.2 Å². The molecular weight excluding hydrogens is 140 g/mol. The van der Waals surface area contributed by atoms with Crippen molar-refractivity contribution in [3.63, 3.8) is 0 Å². The third-order valence-corrected chi connectivity index (χ3v) is 1.43. The van der Waals surface area contributed by atoms with Crippen LogP contribution in [0.1, 0.15) is 23.0 Å². The van der Waals surface area contributed by atoms with E-state index in [4.69, 9.17) is 5.73 Å². The van der Waals surface area contributed by atoms with E-state index in [0.29, 0.717) is 12.1 Å². The maximum Gasteiger partial charge on any atom is 0.159 e. The van der Waals surface area contributed by atoms with Crippen molar-refractivity contribution in [1.82, 2.24) is 4.98 Å². The van der Waals surface area contributed by atoms with Gasteiger partial charge >= 0.3 is 0 Å². The molecule has 0 unspecified atom stereocenters. The number of Topliss-reactive ketones (excluding diaryl/α,β-unsaturated/α-hetero) is 1. The quantitative estimate of drug-likeness (QED) is 0.633. The van der Waals surface area contributed by atoms with Crippen LogP contribution in [0.4, 0.5) is 0 Å². The zero-order valence-electron chi connectivity index (χ0n) is 6.37. The van der Waals surface area contributed by atoms with Crippen molar-refractivity contribution in [2.45, 2.75) is 13.5 Å². The number of hydrogen-bond donors (Lipinski definition) is 1. The van der Waals surface area contributed by atoms with E-state index in [-0.39, 0.29) is 5.78 Å². The van der Waals surface area contributed by atoms with Crippen molar-refractivity contribution >= 4 is 5.78 Å². The number of rotatable bonds is 2. The van der Waals surface area contributed by atoms with Gasteiger partial charge in [0.2, 0.25) is 0 Å². The van der Waals surface area contributed by atoms with Gasteiger partial charge in [0.25, 0.3) is 0 Å². The molecule has 1 heterocycles. The van der Waals surface area contributed by atoms with Gasteiger partial charge in [0.1, 0.15) is 0 Å². The molecule has 0 amide bonds. The molecule has 0 radical (unpaired) electrons. The summed E-state index contributed by atoms with van der Waals surface area (Å²) in [6.45, 7) is 1.90. The normalized spacial score (nSPS) is 9.64. The Hall–Kier alpha value is -1.22. The molecule has 3 heteroatoms. The van der Waals surface area contributed by atoms with E-state index in [0.717, 1.165) is 5.69 Å². The molecule has 0 aliphatic rings. The number of nitrogens with zero attached hydrogens (tertiary/aromatic N) is 1. The standard InChI is InChI=1S/C8H10N2O/c1-6(11)7-2-3-10-8(4-7)5-9/h2-4H,5,9H2,1H3. The largest absolute Gasteiger partial charge is 0.325 e. The Morgan fingerprint density at radius 2 is 2.45 bits per heavy atom. The first kappa shape index (κ1) is 7.88.